The fraction of sp³-hybridized carbons (Fsp3) is 0.964. The smallest absolute Gasteiger partial charge is 0.0836 e. The zero-order valence-corrected chi connectivity index (χ0v) is 20.7. The molecular formula is C28H57O. The van der Waals surface area contributed by atoms with Crippen LogP contribution in [0.3, 0.4) is 0 Å². The van der Waals surface area contributed by atoms with Gasteiger partial charge in [0.2, 0.25) is 0 Å². The first-order valence-corrected chi connectivity index (χ1v) is 13.8. The van der Waals surface area contributed by atoms with Crippen molar-refractivity contribution < 1.29 is 4.74 Å². The third-order valence-electron chi connectivity index (χ3n) is 6.21. The van der Waals surface area contributed by atoms with E-state index in [1.165, 1.54) is 148 Å². The first kappa shape index (κ1) is 29.0. The molecule has 175 valence electrons. The van der Waals surface area contributed by atoms with Crippen LogP contribution in [0.25, 0.3) is 0 Å². The summed E-state index contributed by atoms with van der Waals surface area (Å²) < 4.78 is 5.26. The van der Waals surface area contributed by atoms with Crippen LogP contribution in [0.1, 0.15) is 168 Å². The Morgan fingerprint density at radius 2 is 0.655 bits per heavy atom. The van der Waals surface area contributed by atoms with Crippen molar-refractivity contribution in [3.63, 3.8) is 0 Å². The molecule has 0 N–H and O–H groups in total. The molecule has 0 saturated carbocycles. The summed E-state index contributed by atoms with van der Waals surface area (Å²) in [4.78, 5) is 0. The molecule has 1 heteroatoms. The van der Waals surface area contributed by atoms with E-state index in [2.05, 4.69) is 13.8 Å². The summed E-state index contributed by atoms with van der Waals surface area (Å²) in [6, 6.07) is 0. The second-order valence-corrected chi connectivity index (χ2v) is 9.19. The van der Waals surface area contributed by atoms with Gasteiger partial charge in [-0.25, -0.2) is 0 Å². The summed E-state index contributed by atoms with van der Waals surface area (Å²) in [5.74, 6) is 0. The molecule has 0 aromatic carbocycles. The van der Waals surface area contributed by atoms with Crippen LogP contribution in [0, 0.1) is 6.61 Å². The van der Waals surface area contributed by atoms with E-state index in [1.54, 1.807) is 0 Å². The summed E-state index contributed by atoms with van der Waals surface area (Å²) >= 11 is 0. The van der Waals surface area contributed by atoms with Crippen molar-refractivity contribution in [1.29, 1.82) is 0 Å². The van der Waals surface area contributed by atoms with Gasteiger partial charge in [-0.05, 0) is 13.3 Å². The molecular weight excluding hydrogens is 352 g/mol. The van der Waals surface area contributed by atoms with Crippen LogP contribution in [0.5, 0.6) is 0 Å². The Bertz CT molecular complexity index is 237. The van der Waals surface area contributed by atoms with Gasteiger partial charge in [-0.3, -0.25) is 0 Å². The van der Waals surface area contributed by atoms with E-state index in [1.807, 2.05) is 6.61 Å². The topological polar surface area (TPSA) is 9.23 Å². The van der Waals surface area contributed by atoms with Crippen molar-refractivity contribution in [3.8, 4) is 0 Å². The fourth-order valence-electron chi connectivity index (χ4n) is 4.21. The van der Waals surface area contributed by atoms with Crippen LogP contribution < -0.4 is 0 Å². The second-order valence-electron chi connectivity index (χ2n) is 9.19. The Labute approximate surface area is 186 Å². The zero-order valence-electron chi connectivity index (χ0n) is 20.7. The summed E-state index contributed by atoms with van der Waals surface area (Å²) in [6.07, 6.45) is 34.6. The Hall–Kier alpha value is -0.0400. The molecule has 0 atom stereocenters. The molecule has 0 saturated heterocycles. The molecule has 0 bridgehead atoms. The molecule has 0 fully saturated rings. The highest BCUT2D eigenvalue weighted by Gasteiger charge is 1.96. The molecule has 1 radical (unpaired) electrons. The first-order chi connectivity index (χ1) is 14.4. The largest absolute Gasteiger partial charge is 0.376 e. The van der Waals surface area contributed by atoms with Gasteiger partial charge in [0.05, 0.1) is 6.61 Å². The normalized spacial score (nSPS) is 11.4. The SMILES string of the molecule is CCCCCCCCCCCCCCCCCCCCCCCCC[CH]OCC. The Balaban J connectivity index is 2.97. The van der Waals surface area contributed by atoms with E-state index in [0.717, 1.165) is 13.0 Å². The van der Waals surface area contributed by atoms with Crippen molar-refractivity contribution in [2.75, 3.05) is 6.61 Å². The minimum atomic E-state index is 0.819. The predicted octanol–water partition coefficient (Wildman–Crippen LogP) is 10.6. The third kappa shape index (κ3) is 28.0. The molecule has 0 spiro atoms. The average Bonchev–Trinajstić information content (AvgIpc) is 2.74. The monoisotopic (exact) mass is 409 g/mol. The van der Waals surface area contributed by atoms with Crippen LogP contribution in [0.2, 0.25) is 0 Å². The standard InChI is InChI=1S/C28H57O/c1-3-5-6-7-8-9-10-11-12-13-14-15-16-17-18-19-20-21-22-23-24-25-26-27-28-29-4-2/h28H,3-27H2,1-2H3. The fourth-order valence-corrected chi connectivity index (χ4v) is 4.21. The van der Waals surface area contributed by atoms with Crippen LogP contribution >= 0.6 is 0 Å². The zero-order chi connectivity index (χ0) is 21.1. The lowest BCUT2D eigenvalue weighted by Gasteiger charge is -2.04. The molecule has 0 aromatic heterocycles. The predicted molar refractivity (Wildman–Crippen MR) is 132 cm³/mol. The number of rotatable bonds is 26. The molecule has 1 nitrogen and oxygen atoms in total. The van der Waals surface area contributed by atoms with Crippen LogP contribution in [0.4, 0.5) is 0 Å². The van der Waals surface area contributed by atoms with E-state index in [9.17, 15) is 0 Å². The van der Waals surface area contributed by atoms with Crippen molar-refractivity contribution in [2.45, 2.75) is 168 Å². The highest BCUT2D eigenvalue weighted by Crippen LogP contribution is 2.15. The van der Waals surface area contributed by atoms with E-state index >= 15 is 0 Å². The summed E-state index contributed by atoms with van der Waals surface area (Å²) in [5.41, 5.74) is 0. The van der Waals surface area contributed by atoms with Crippen molar-refractivity contribution in [3.05, 3.63) is 6.61 Å². The Morgan fingerprint density at radius 1 is 0.379 bits per heavy atom. The van der Waals surface area contributed by atoms with E-state index < -0.39 is 0 Å². The highest BCUT2D eigenvalue weighted by atomic mass is 16.5. The lowest BCUT2D eigenvalue weighted by atomic mass is 10.0. The maximum absolute atomic E-state index is 5.26. The summed E-state index contributed by atoms with van der Waals surface area (Å²) in [6.45, 7) is 7.16. The van der Waals surface area contributed by atoms with E-state index in [4.69, 9.17) is 4.74 Å². The highest BCUT2D eigenvalue weighted by molar-refractivity contribution is 4.53. The lowest BCUT2D eigenvalue weighted by molar-refractivity contribution is 0.205. The van der Waals surface area contributed by atoms with Gasteiger partial charge in [-0.1, -0.05) is 155 Å². The number of hydrogen-bond donors (Lipinski definition) is 0. The maximum atomic E-state index is 5.26. The maximum Gasteiger partial charge on any atom is 0.0836 e. The van der Waals surface area contributed by atoms with Crippen LogP contribution in [0.15, 0.2) is 0 Å². The lowest BCUT2D eigenvalue weighted by Crippen LogP contribution is -1.87. The molecule has 0 heterocycles. The minimum absolute atomic E-state index is 0.819. The van der Waals surface area contributed by atoms with Gasteiger partial charge in [0, 0.05) is 6.61 Å². The third-order valence-corrected chi connectivity index (χ3v) is 6.21. The van der Waals surface area contributed by atoms with Crippen molar-refractivity contribution in [1.82, 2.24) is 0 Å². The van der Waals surface area contributed by atoms with Gasteiger partial charge < -0.3 is 4.74 Å². The van der Waals surface area contributed by atoms with Gasteiger partial charge in [0.15, 0.2) is 0 Å². The Morgan fingerprint density at radius 3 is 0.931 bits per heavy atom. The average molecular weight is 410 g/mol. The van der Waals surface area contributed by atoms with Gasteiger partial charge in [0.25, 0.3) is 0 Å². The van der Waals surface area contributed by atoms with E-state index in [-0.39, 0.29) is 0 Å². The van der Waals surface area contributed by atoms with Gasteiger partial charge in [-0.15, -0.1) is 0 Å². The number of hydrogen-bond acceptors (Lipinski definition) is 1. The second kappa shape index (κ2) is 28.0. The van der Waals surface area contributed by atoms with E-state index in [0.29, 0.717) is 0 Å². The summed E-state index contributed by atoms with van der Waals surface area (Å²) in [5, 5.41) is 0. The molecule has 0 aliphatic heterocycles. The molecule has 0 unspecified atom stereocenters. The quantitative estimate of drug-likeness (QED) is 0.129. The van der Waals surface area contributed by atoms with Crippen molar-refractivity contribution in [2.24, 2.45) is 0 Å². The van der Waals surface area contributed by atoms with Crippen molar-refractivity contribution >= 4 is 0 Å². The summed E-state index contributed by atoms with van der Waals surface area (Å²) in [7, 11) is 0. The van der Waals surface area contributed by atoms with Gasteiger partial charge in [0.1, 0.15) is 0 Å². The van der Waals surface area contributed by atoms with Crippen LogP contribution in [-0.4, -0.2) is 6.61 Å². The molecule has 0 aromatic rings. The first-order valence-electron chi connectivity index (χ1n) is 13.8. The molecule has 0 aliphatic carbocycles. The molecule has 29 heavy (non-hydrogen) atoms. The minimum Gasteiger partial charge on any atom is -0.376 e. The Kier molecular flexibility index (Phi) is 27.9. The molecule has 0 rings (SSSR count). The number of unbranched alkanes of at least 4 members (excludes halogenated alkanes) is 23. The van der Waals surface area contributed by atoms with Gasteiger partial charge in [-0.2, -0.15) is 0 Å². The van der Waals surface area contributed by atoms with Gasteiger partial charge >= 0.3 is 0 Å². The molecule has 0 aliphatic rings. The van der Waals surface area contributed by atoms with Crippen LogP contribution in [-0.2, 0) is 4.74 Å². The number of ether oxygens (including phenoxy) is 1. The molecule has 0 amide bonds.